The molecule has 110 valence electrons. The van der Waals surface area contributed by atoms with Crippen LogP contribution in [0.25, 0.3) is 0 Å². The van der Waals surface area contributed by atoms with Crippen molar-refractivity contribution in [1.29, 1.82) is 5.26 Å². The van der Waals surface area contributed by atoms with Gasteiger partial charge in [0.25, 0.3) is 0 Å². The molecule has 5 nitrogen and oxygen atoms in total. The van der Waals surface area contributed by atoms with E-state index >= 15 is 0 Å². The van der Waals surface area contributed by atoms with E-state index < -0.39 is 10.0 Å². The molecule has 0 saturated heterocycles. The van der Waals surface area contributed by atoms with Crippen molar-refractivity contribution in [2.75, 3.05) is 6.54 Å². The maximum absolute atomic E-state index is 12.2. The first-order chi connectivity index (χ1) is 9.92. The van der Waals surface area contributed by atoms with E-state index in [1.807, 2.05) is 18.4 Å². The summed E-state index contributed by atoms with van der Waals surface area (Å²) >= 11 is 1.55. The van der Waals surface area contributed by atoms with Crippen LogP contribution in [0.1, 0.15) is 21.8 Å². The molecule has 0 saturated carbocycles. The Morgan fingerprint density at radius 3 is 2.71 bits per heavy atom. The molecule has 21 heavy (non-hydrogen) atoms. The first kappa shape index (κ1) is 15.6. The van der Waals surface area contributed by atoms with E-state index in [-0.39, 0.29) is 4.90 Å². The lowest BCUT2D eigenvalue weighted by atomic mass is 10.1. The largest absolute Gasteiger partial charge is 0.247 e. The highest BCUT2D eigenvalue weighted by atomic mass is 32.2. The summed E-state index contributed by atoms with van der Waals surface area (Å²) in [5.41, 5.74) is 2.01. The predicted octanol–water partition coefficient (Wildman–Crippen LogP) is 2.15. The number of nitriles is 1. The van der Waals surface area contributed by atoms with Crippen LogP contribution in [0, 0.1) is 25.2 Å². The number of thiazole rings is 1. The minimum Gasteiger partial charge on any atom is -0.247 e. The molecule has 2 aromatic rings. The highest BCUT2D eigenvalue weighted by molar-refractivity contribution is 7.89. The summed E-state index contributed by atoms with van der Waals surface area (Å²) in [5.74, 6) is 0. The summed E-state index contributed by atoms with van der Waals surface area (Å²) in [7, 11) is -3.55. The first-order valence-electron chi connectivity index (χ1n) is 6.34. The highest BCUT2D eigenvalue weighted by Crippen LogP contribution is 2.15. The quantitative estimate of drug-likeness (QED) is 0.914. The highest BCUT2D eigenvalue weighted by Gasteiger charge is 2.14. The molecular formula is C14H15N3O2S2. The summed E-state index contributed by atoms with van der Waals surface area (Å²) in [6, 6.07) is 6.49. The normalized spacial score (nSPS) is 11.3. The minimum absolute atomic E-state index is 0.174. The van der Waals surface area contributed by atoms with Crippen molar-refractivity contribution in [1.82, 2.24) is 9.71 Å². The number of hydrogen-bond acceptors (Lipinski definition) is 5. The van der Waals surface area contributed by atoms with Crippen LogP contribution in [0.4, 0.5) is 0 Å². The number of nitrogens with zero attached hydrogens (tertiary/aromatic N) is 2. The Bertz CT molecular complexity index is 789. The minimum atomic E-state index is -3.55. The SMILES string of the molecule is Cc1nc(CCNS(=O)(=O)c2ccc(C#N)c(C)c2)cs1. The molecule has 0 amide bonds. The zero-order valence-corrected chi connectivity index (χ0v) is 13.4. The Kier molecular flexibility index (Phi) is 4.73. The molecule has 1 aromatic carbocycles. The number of hydrogen-bond donors (Lipinski definition) is 1. The van der Waals surface area contributed by atoms with E-state index in [9.17, 15) is 8.42 Å². The molecule has 0 bridgehead atoms. The van der Waals surface area contributed by atoms with Crippen LogP contribution in [-0.2, 0) is 16.4 Å². The molecule has 7 heteroatoms. The molecule has 0 fully saturated rings. The molecule has 2 rings (SSSR count). The van der Waals surface area contributed by atoms with Crippen molar-refractivity contribution >= 4 is 21.4 Å². The van der Waals surface area contributed by atoms with Crippen LogP contribution in [-0.4, -0.2) is 19.9 Å². The molecule has 0 unspecified atom stereocenters. The molecule has 1 heterocycles. The van der Waals surface area contributed by atoms with Gasteiger partial charge in [-0.1, -0.05) is 0 Å². The predicted molar refractivity (Wildman–Crippen MR) is 81.6 cm³/mol. The summed E-state index contributed by atoms with van der Waals surface area (Å²) < 4.78 is 26.9. The molecule has 1 aromatic heterocycles. The van der Waals surface area contributed by atoms with Gasteiger partial charge in [-0.3, -0.25) is 0 Å². The second-order valence-corrected chi connectivity index (χ2v) is 7.42. The van der Waals surface area contributed by atoms with Crippen LogP contribution >= 0.6 is 11.3 Å². The van der Waals surface area contributed by atoms with Crippen LogP contribution < -0.4 is 4.72 Å². The smallest absolute Gasteiger partial charge is 0.240 e. The van der Waals surface area contributed by atoms with Crippen molar-refractivity contribution in [3.8, 4) is 6.07 Å². The monoisotopic (exact) mass is 321 g/mol. The van der Waals surface area contributed by atoms with E-state index in [1.165, 1.54) is 18.2 Å². The summed E-state index contributed by atoms with van der Waals surface area (Å²) in [6.07, 6.45) is 0.554. The van der Waals surface area contributed by atoms with E-state index in [0.29, 0.717) is 24.1 Å². The fourth-order valence-corrected chi connectivity index (χ4v) is 3.61. The Morgan fingerprint density at radius 2 is 2.14 bits per heavy atom. The summed E-state index contributed by atoms with van der Waals surface area (Å²) in [6.45, 7) is 3.93. The average Bonchev–Trinajstić information content (AvgIpc) is 2.84. The molecule has 0 spiro atoms. The van der Waals surface area contributed by atoms with E-state index in [4.69, 9.17) is 5.26 Å². The first-order valence-corrected chi connectivity index (χ1v) is 8.70. The third-order valence-corrected chi connectivity index (χ3v) is 5.25. The van der Waals surface area contributed by atoms with E-state index in [2.05, 4.69) is 9.71 Å². The van der Waals surface area contributed by atoms with Gasteiger partial charge in [0.05, 0.1) is 27.2 Å². The van der Waals surface area contributed by atoms with Crippen LogP contribution in [0.15, 0.2) is 28.5 Å². The van der Waals surface area contributed by atoms with Crippen molar-refractivity contribution in [3.05, 3.63) is 45.4 Å². The number of sulfonamides is 1. The molecule has 0 atom stereocenters. The second-order valence-electron chi connectivity index (χ2n) is 4.59. The lowest BCUT2D eigenvalue weighted by molar-refractivity contribution is 0.581. The van der Waals surface area contributed by atoms with Gasteiger partial charge >= 0.3 is 0 Å². The Labute approximate surface area is 128 Å². The number of aryl methyl sites for hydroxylation is 2. The van der Waals surface area contributed by atoms with Crippen molar-refractivity contribution in [2.24, 2.45) is 0 Å². The second kappa shape index (κ2) is 6.35. The van der Waals surface area contributed by atoms with Gasteiger partial charge in [0.15, 0.2) is 0 Å². The van der Waals surface area contributed by atoms with Gasteiger partial charge in [0.2, 0.25) is 10.0 Å². The third-order valence-electron chi connectivity index (χ3n) is 2.97. The standard InChI is InChI=1S/C14H15N3O2S2/c1-10-7-14(4-3-12(10)8-15)21(18,19)16-6-5-13-9-20-11(2)17-13/h3-4,7,9,16H,5-6H2,1-2H3. The van der Waals surface area contributed by atoms with Crippen LogP contribution in [0.5, 0.6) is 0 Å². The zero-order chi connectivity index (χ0) is 15.5. The molecule has 1 N–H and O–H groups in total. The molecular weight excluding hydrogens is 306 g/mol. The molecule has 0 aliphatic rings. The van der Waals surface area contributed by atoms with Gasteiger partial charge in [-0.05, 0) is 37.6 Å². The fourth-order valence-electron chi connectivity index (χ4n) is 1.85. The van der Waals surface area contributed by atoms with Crippen molar-refractivity contribution in [2.45, 2.75) is 25.2 Å². The number of nitrogens with one attached hydrogen (secondary N) is 1. The number of aromatic nitrogens is 1. The van der Waals surface area contributed by atoms with Gasteiger partial charge < -0.3 is 0 Å². The van der Waals surface area contributed by atoms with Gasteiger partial charge in [-0.25, -0.2) is 18.1 Å². The Balaban J connectivity index is 2.05. The average molecular weight is 321 g/mol. The van der Waals surface area contributed by atoms with Gasteiger partial charge in [-0.15, -0.1) is 11.3 Å². The Morgan fingerprint density at radius 1 is 1.38 bits per heavy atom. The number of rotatable bonds is 5. The topological polar surface area (TPSA) is 82.8 Å². The number of benzene rings is 1. The molecule has 0 radical (unpaired) electrons. The van der Waals surface area contributed by atoms with Crippen molar-refractivity contribution in [3.63, 3.8) is 0 Å². The third kappa shape index (κ3) is 3.88. The van der Waals surface area contributed by atoms with Crippen molar-refractivity contribution < 1.29 is 8.42 Å². The van der Waals surface area contributed by atoms with Gasteiger partial charge in [-0.2, -0.15) is 5.26 Å². The van der Waals surface area contributed by atoms with E-state index in [0.717, 1.165) is 10.7 Å². The Hall–Kier alpha value is -1.75. The molecule has 0 aliphatic carbocycles. The van der Waals surface area contributed by atoms with Gasteiger partial charge in [0, 0.05) is 18.3 Å². The zero-order valence-electron chi connectivity index (χ0n) is 11.8. The maximum atomic E-state index is 12.2. The van der Waals surface area contributed by atoms with E-state index in [1.54, 1.807) is 18.3 Å². The lowest BCUT2D eigenvalue weighted by Crippen LogP contribution is -2.26. The fraction of sp³-hybridized carbons (Fsp3) is 0.286. The molecule has 0 aliphatic heterocycles. The maximum Gasteiger partial charge on any atom is 0.240 e. The summed E-state index contributed by atoms with van der Waals surface area (Å²) in [4.78, 5) is 4.46. The van der Waals surface area contributed by atoms with Crippen LogP contribution in [0.3, 0.4) is 0 Å². The van der Waals surface area contributed by atoms with Gasteiger partial charge in [0.1, 0.15) is 0 Å². The van der Waals surface area contributed by atoms with Crippen LogP contribution in [0.2, 0.25) is 0 Å². The summed E-state index contributed by atoms with van der Waals surface area (Å²) in [5, 5.41) is 11.8. The lowest BCUT2D eigenvalue weighted by Gasteiger charge is -2.07.